The third-order valence-corrected chi connectivity index (χ3v) is 2.74. The molecule has 0 fully saturated rings. The quantitative estimate of drug-likeness (QED) is 0.727. The lowest BCUT2D eigenvalue weighted by Crippen LogP contribution is -2.15. The molecule has 0 saturated heterocycles. The van der Waals surface area contributed by atoms with Gasteiger partial charge in [-0.05, 0) is 30.4 Å². The second-order valence-corrected chi connectivity index (χ2v) is 4.28. The minimum atomic E-state index is -2.44. The van der Waals surface area contributed by atoms with Crippen LogP contribution in [0.25, 0.3) is 0 Å². The summed E-state index contributed by atoms with van der Waals surface area (Å²) in [5.74, 6) is 0. The summed E-state index contributed by atoms with van der Waals surface area (Å²) in [5.41, 5.74) is 2.31. The lowest BCUT2D eigenvalue weighted by molar-refractivity contribution is 0.00512. The van der Waals surface area contributed by atoms with E-state index in [9.17, 15) is 13.9 Å². The van der Waals surface area contributed by atoms with Crippen LogP contribution in [0.3, 0.4) is 0 Å². The number of aryl methyl sites for hydroxylation is 1. The second kappa shape index (κ2) is 8.16. The molecule has 0 heterocycles. The molecule has 4 heteroatoms. The number of hydrogen-bond donors (Lipinski definition) is 1. The van der Waals surface area contributed by atoms with Crippen molar-refractivity contribution < 1.29 is 18.6 Å². The first-order chi connectivity index (χ1) is 8.61. The van der Waals surface area contributed by atoms with Crippen LogP contribution in [0.5, 0.6) is 0 Å². The molecule has 1 atom stereocenters. The number of rotatable bonds is 8. The van der Waals surface area contributed by atoms with Crippen molar-refractivity contribution in [3.8, 4) is 0 Å². The molecule has 0 amide bonds. The first-order valence-electron chi connectivity index (χ1n) is 6.23. The van der Waals surface area contributed by atoms with E-state index < -0.39 is 19.1 Å². The van der Waals surface area contributed by atoms with Gasteiger partial charge in [-0.3, -0.25) is 0 Å². The Labute approximate surface area is 107 Å². The Balaban J connectivity index is 2.24. The molecule has 0 spiro atoms. The molecule has 0 radical (unpaired) electrons. The minimum Gasteiger partial charge on any atom is -0.393 e. The van der Waals surface area contributed by atoms with E-state index in [0.717, 1.165) is 12.0 Å². The maximum Gasteiger partial charge on any atom is 0.261 e. The summed E-state index contributed by atoms with van der Waals surface area (Å²) in [6.45, 7) is 1.70. The predicted octanol–water partition coefficient (Wildman–Crippen LogP) is 2.82. The Morgan fingerprint density at radius 1 is 1.17 bits per heavy atom. The summed E-state index contributed by atoms with van der Waals surface area (Å²) in [6.07, 6.45) is -1.09. The highest BCUT2D eigenvalue weighted by Gasteiger charge is 2.07. The van der Waals surface area contributed by atoms with Gasteiger partial charge in [0.05, 0.1) is 6.10 Å². The standard InChI is InChI=1S/C14H20F2O2/c1-2-11-3-5-12(6-4-11)9-13(17)7-8-18-10-14(15)16/h3-6,13-14,17H,2,7-10H2,1H3. The summed E-state index contributed by atoms with van der Waals surface area (Å²) >= 11 is 0. The Morgan fingerprint density at radius 2 is 1.78 bits per heavy atom. The zero-order chi connectivity index (χ0) is 13.4. The van der Waals surface area contributed by atoms with Crippen molar-refractivity contribution in [3.05, 3.63) is 35.4 Å². The van der Waals surface area contributed by atoms with Gasteiger partial charge in [0.25, 0.3) is 6.43 Å². The van der Waals surface area contributed by atoms with Crippen LogP contribution in [-0.4, -0.2) is 30.8 Å². The highest BCUT2D eigenvalue weighted by Crippen LogP contribution is 2.09. The molecular weight excluding hydrogens is 238 g/mol. The predicted molar refractivity (Wildman–Crippen MR) is 67.0 cm³/mol. The van der Waals surface area contributed by atoms with Crippen molar-refractivity contribution in [2.75, 3.05) is 13.2 Å². The summed E-state index contributed by atoms with van der Waals surface area (Å²) in [4.78, 5) is 0. The second-order valence-electron chi connectivity index (χ2n) is 4.28. The van der Waals surface area contributed by atoms with Crippen LogP contribution in [0.15, 0.2) is 24.3 Å². The lowest BCUT2D eigenvalue weighted by atomic mass is 10.0. The normalized spacial score (nSPS) is 12.9. The van der Waals surface area contributed by atoms with E-state index >= 15 is 0 Å². The van der Waals surface area contributed by atoms with Crippen molar-refractivity contribution in [2.24, 2.45) is 0 Å². The van der Waals surface area contributed by atoms with E-state index in [0.29, 0.717) is 12.8 Å². The topological polar surface area (TPSA) is 29.5 Å². The van der Waals surface area contributed by atoms with Crippen LogP contribution in [0.2, 0.25) is 0 Å². The van der Waals surface area contributed by atoms with Gasteiger partial charge in [-0.1, -0.05) is 31.2 Å². The fourth-order valence-electron chi connectivity index (χ4n) is 1.68. The molecule has 0 aliphatic carbocycles. The van der Waals surface area contributed by atoms with Crippen molar-refractivity contribution in [3.63, 3.8) is 0 Å². The Hall–Kier alpha value is -1.00. The van der Waals surface area contributed by atoms with Gasteiger partial charge < -0.3 is 9.84 Å². The monoisotopic (exact) mass is 258 g/mol. The smallest absolute Gasteiger partial charge is 0.261 e. The van der Waals surface area contributed by atoms with E-state index in [1.54, 1.807) is 0 Å². The van der Waals surface area contributed by atoms with Crippen molar-refractivity contribution in [1.82, 2.24) is 0 Å². The average molecular weight is 258 g/mol. The van der Waals surface area contributed by atoms with E-state index in [1.807, 2.05) is 24.3 Å². The van der Waals surface area contributed by atoms with Gasteiger partial charge in [0.1, 0.15) is 6.61 Å². The summed E-state index contributed by atoms with van der Waals surface area (Å²) in [5, 5.41) is 9.73. The number of aliphatic hydroxyl groups excluding tert-OH is 1. The van der Waals surface area contributed by atoms with Gasteiger partial charge >= 0.3 is 0 Å². The molecule has 1 unspecified atom stereocenters. The van der Waals surface area contributed by atoms with Crippen LogP contribution >= 0.6 is 0 Å². The minimum absolute atomic E-state index is 0.165. The maximum atomic E-state index is 11.8. The van der Waals surface area contributed by atoms with E-state index in [1.165, 1.54) is 5.56 Å². The molecule has 2 nitrogen and oxygen atoms in total. The largest absolute Gasteiger partial charge is 0.393 e. The first kappa shape index (κ1) is 15.1. The number of aliphatic hydroxyl groups is 1. The number of benzene rings is 1. The third-order valence-electron chi connectivity index (χ3n) is 2.74. The molecule has 0 saturated carbocycles. The van der Waals surface area contributed by atoms with Gasteiger partial charge in [-0.15, -0.1) is 0 Å². The molecule has 1 N–H and O–H groups in total. The van der Waals surface area contributed by atoms with Gasteiger partial charge in [0.2, 0.25) is 0 Å². The Kier molecular flexibility index (Phi) is 6.83. The number of hydrogen-bond acceptors (Lipinski definition) is 2. The average Bonchev–Trinajstić information content (AvgIpc) is 2.35. The SMILES string of the molecule is CCc1ccc(CC(O)CCOCC(F)F)cc1. The molecule has 1 aromatic rings. The zero-order valence-electron chi connectivity index (χ0n) is 10.6. The van der Waals surface area contributed by atoms with Crippen molar-refractivity contribution >= 4 is 0 Å². The molecule has 1 rings (SSSR count). The molecule has 1 aromatic carbocycles. The van der Waals surface area contributed by atoms with E-state index in [-0.39, 0.29) is 6.61 Å². The summed E-state index contributed by atoms with van der Waals surface area (Å²) < 4.78 is 28.3. The molecule has 0 aliphatic heterocycles. The fraction of sp³-hybridized carbons (Fsp3) is 0.571. The van der Waals surface area contributed by atoms with Gasteiger partial charge in [-0.2, -0.15) is 0 Å². The highest BCUT2D eigenvalue weighted by molar-refractivity contribution is 5.22. The van der Waals surface area contributed by atoms with Crippen LogP contribution in [0.1, 0.15) is 24.5 Å². The summed E-state index contributed by atoms with van der Waals surface area (Å²) in [6, 6.07) is 8.05. The van der Waals surface area contributed by atoms with E-state index in [4.69, 9.17) is 4.74 Å². The van der Waals surface area contributed by atoms with Gasteiger partial charge in [-0.25, -0.2) is 8.78 Å². The van der Waals surface area contributed by atoms with Crippen LogP contribution in [-0.2, 0) is 17.6 Å². The molecule has 18 heavy (non-hydrogen) atoms. The van der Waals surface area contributed by atoms with Gasteiger partial charge in [0, 0.05) is 6.61 Å². The fourth-order valence-corrected chi connectivity index (χ4v) is 1.68. The number of halogens is 2. The van der Waals surface area contributed by atoms with Gasteiger partial charge in [0.15, 0.2) is 0 Å². The third kappa shape index (κ3) is 6.07. The number of alkyl halides is 2. The Morgan fingerprint density at radius 3 is 2.33 bits per heavy atom. The Bertz CT molecular complexity index is 325. The van der Waals surface area contributed by atoms with Crippen LogP contribution in [0, 0.1) is 0 Å². The molecule has 0 bridgehead atoms. The number of ether oxygens (including phenoxy) is 1. The van der Waals surface area contributed by atoms with E-state index in [2.05, 4.69) is 6.92 Å². The molecule has 102 valence electrons. The molecule has 0 aromatic heterocycles. The highest BCUT2D eigenvalue weighted by atomic mass is 19.3. The van der Waals surface area contributed by atoms with Crippen molar-refractivity contribution in [1.29, 1.82) is 0 Å². The first-order valence-corrected chi connectivity index (χ1v) is 6.23. The van der Waals surface area contributed by atoms with Crippen molar-refractivity contribution in [2.45, 2.75) is 38.7 Å². The summed E-state index contributed by atoms with van der Waals surface area (Å²) in [7, 11) is 0. The molecular formula is C14H20F2O2. The zero-order valence-corrected chi connectivity index (χ0v) is 10.6. The maximum absolute atomic E-state index is 11.8. The lowest BCUT2D eigenvalue weighted by Gasteiger charge is -2.11. The van der Waals surface area contributed by atoms with Crippen LogP contribution < -0.4 is 0 Å². The van der Waals surface area contributed by atoms with Crippen LogP contribution in [0.4, 0.5) is 8.78 Å². The molecule has 0 aliphatic rings.